The Morgan fingerprint density at radius 2 is 1.50 bits per heavy atom. The van der Waals surface area contributed by atoms with E-state index in [1.54, 1.807) is 13.8 Å². The molecule has 6 heavy (non-hydrogen) atoms. The molecule has 0 aromatic heterocycles. The molecule has 0 aliphatic rings. The molecule has 0 amide bonds. The highest BCUT2D eigenvalue weighted by Crippen LogP contribution is 1.65. The standard InChI is InChI=1S/C3H8O.ClH3Si/c1-3(2)4;1-2/h3-4H,1-2H3;2H3. The highest BCUT2D eigenvalue weighted by Gasteiger charge is 1.69. The van der Waals surface area contributed by atoms with Gasteiger partial charge in [-0.05, 0) is 13.8 Å². The van der Waals surface area contributed by atoms with Crippen molar-refractivity contribution in [3.63, 3.8) is 0 Å². The smallest absolute Gasteiger partial charge is 0.109 e. The minimum atomic E-state index is -0.167. The van der Waals surface area contributed by atoms with Gasteiger partial charge in [-0.3, -0.25) is 0 Å². The Morgan fingerprint density at radius 1 is 1.50 bits per heavy atom. The van der Waals surface area contributed by atoms with Gasteiger partial charge >= 0.3 is 0 Å². The van der Waals surface area contributed by atoms with Crippen molar-refractivity contribution in [2.24, 2.45) is 0 Å². The van der Waals surface area contributed by atoms with E-state index >= 15 is 0 Å². The molecule has 0 aliphatic carbocycles. The van der Waals surface area contributed by atoms with Crippen LogP contribution in [0.15, 0.2) is 0 Å². The predicted octanol–water partition coefficient (Wildman–Crippen LogP) is -0.107. The van der Waals surface area contributed by atoms with Gasteiger partial charge in [-0.25, -0.2) is 0 Å². The lowest BCUT2D eigenvalue weighted by Crippen LogP contribution is -1.85. The molecule has 0 aromatic carbocycles. The molecule has 0 unspecified atom stereocenters. The number of aliphatic hydroxyl groups is 1. The fourth-order valence-corrected chi connectivity index (χ4v) is 0. The largest absolute Gasteiger partial charge is 0.394 e. The second-order valence-corrected chi connectivity index (χ2v) is 1.09. The fourth-order valence-electron chi connectivity index (χ4n) is 0. The molecule has 1 N–H and O–H groups in total. The second kappa shape index (κ2) is 9.08. The van der Waals surface area contributed by atoms with Crippen LogP contribution in [0.1, 0.15) is 13.8 Å². The zero-order valence-electron chi connectivity index (χ0n) is 4.40. The number of aliphatic hydroxyl groups excluding tert-OH is 1. The van der Waals surface area contributed by atoms with Gasteiger partial charge in [0.25, 0.3) is 0 Å². The Morgan fingerprint density at radius 3 is 1.50 bits per heavy atom. The van der Waals surface area contributed by atoms with E-state index in [1.165, 1.54) is 0 Å². The van der Waals surface area contributed by atoms with Crippen LogP contribution < -0.4 is 0 Å². The summed E-state index contributed by atoms with van der Waals surface area (Å²) in [7, 11) is 0.778. The maximum Gasteiger partial charge on any atom is 0.109 e. The first-order valence-corrected chi connectivity index (χ1v) is 4.81. The van der Waals surface area contributed by atoms with Crippen molar-refractivity contribution in [3.8, 4) is 0 Å². The number of hydrogen-bond acceptors (Lipinski definition) is 1. The van der Waals surface area contributed by atoms with Gasteiger partial charge in [0.15, 0.2) is 0 Å². The van der Waals surface area contributed by atoms with Gasteiger partial charge in [0.05, 0.1) is 0 Å². The van der Waals surface area contributed by atoms with E-state index in [0.717, 1.165) is 9.55 Å². The van der Waals surface area contributed by atoms with Crippen molar-refractivity contribution in [2.75, 3.05) is 0 Å². The van der Waals surface area contributed by atoms with Crippen LogP contribution in [0, 0.1) is 0 Å². The van der Waals surface area contributed by atoms with Crippen molar-refractivity contribution in [2.45, 2.75) is 20.0 Å². The molecule has 0 atom stereocenters. The molecule has 0 heterocycles. The molecule has 0 radical (unpaired) electrons. The molecule has 40 valence electrons. The summed E-state index contributed by atoms with van der Waals surface area (Å²) in [6, 6.07) is 0. The molecule has 0 bridgehead atoms. The predicted molar refractivity (Wildman–Crippen MR) is 33.1 cm³/mol. The Hall–Kier alpha value is 0.467. The van der Waals surface area contributed by atoms with Gasteiger partial charge in [-0.2, -0.15) is 11.1 Å². The van der Waals surface area contributed by atoms with Crippen molar-refractivity contribution < 1.29 is 5.11 Å². The summed E-state index contributed by atoms with van der Waals surface area (Å²) >= 11 is 4.78. The van der Waals surface area contributed by atoms with E-state index in [9.17, 15) is 0 Å². The lowest BCUT2D eigenvalue weighted by Gasteiger charge is -1.80. The Labute approximate surface area is 46.4 Å². The van der Waals surface area contributed by atoms with Crippen LogP contribution in [-0.2, 0) is 0 Å². The molecule has 0 aromatic rings. The summed E-state index contributed by atoms with van der Waals surface area (Å²) < 4.78 is 0. The fraction of sp³-hybridized carbons (Fsp3) is 1.00. The number of rotatable bonds is 0. The average molecular weight is 127 g/mol. The Balaban J connectivity index is 0. The quantitative estimate of drug-likeness (QED) is 0.355. The van der Waals surface area contributed by atoms with E-state index in [4.69, 9.17) is 16.2 Å². The minimum Gasteiger partial charge on any atom is -0.394 e. The first-order chi connectivity index (χ1) is 2.73. The van der Waals surface area contributed by atoms with Crippen LogP contribution in [0.2, 0.25) is 0 Å². The highest BCUT2D eigenvalue weighted by atomic mass is 35.6. The van der Waals surface area contributed by atoms with Crippen LogP contribution >= 0.6 is 11.1 Å². The van der Waals surface area contributed by atoms with E-state index in [2.05, 4.69) is 0 Å². The summed E-state index contributed by atoms with van der Waals surface area (Å²) in [6.45, 7) is 3.44. The zero-order chi connectivity index (χ0) is 5.58. The third kappa shape index (κ3) is 246. The summed E-state index contributed by atoms with van der Waals surface area (Å²) in [6.07, 6.45) is -0.167. The highest BCUT2D eigenvalue weighted by molar-refractivity contribution is 6.80. The topological polar surface area (TPSA) is 20.2 Å². The van der Waals surface area contributed by atoms with Crippen LogP contribution in [-0.4, -0.2) is 20.8 Å². The van der Waals surface area contributed by atoms with Crippen LogP contribution in [0.25, 0.3) is 0 Å². The van der Waals surface area contributed by atoms with E-state index in [0.29, 0.717) is 0 Å². The zero-order valence-corrected chi connectivity index (χ0v) is 7.16. The molecule has 0 saturated heterocycles. The summed E-state index contributed by atoms with van der Waals surface area (Å²) in [5, 5.41) is 8.06. The monoisotopic (exact) mass is 126 g/mol. The third-order valence-electron chi connectivity index (χ3n) is 0. The molecule has 3 heteroatoms. The average Bonchev–Trinajstić information content (AvgIpc) is 1.41. The molecule has 1 nitrogen and oxygen atoms in total. The van der Waals surface area contributed by atoms with E-state index in [-0.39, 0.29) is 6.10 Å². The van der Waals surface area contributed by atoms with Crippen molar-refractivity contribution in [3.05, 3.63) is 0 Å². The van der Waals surface area contributed by atoms with Gasteiger partial charge in [0.2, 0.25) is 0 Å². The molecular formula is C3H11ClOSi. The van der Waals surface area contributed by atoms with Gasteiger partial charge < -0.3 is 5.11 Å². The normalized spacial score (nSPS) is 7.50. The molecule has 0 spiro atoms. The Bertz CT molecular complexity index is 15.5. The van der Waals surface area contributed by atoms with Crippen molar-refractivity contribution in [1.82, 2.24) is 0 Å². The molecule has 0 rings (SSSR count). The van der Waals surface area contributed by atoms with Crippen molar-refractivity contribution in [1.29, 1.82) is 0 Å². The molecule has 0 aliphatic heterocycles. The summed E-state index contributed by atoms with van der Waals surface area (Å²) in [5.74, 6) is 0. The van der Waals surface area contributed by atoms with Gasteiger partial charge in [0.1, 0.15) is 9.55 Å². The SMILES string of the molecule is CC(C)O.[SiH3]Cl. The summed E-state index contributed by atoms with van der Waals surface area (Å²) in [5.41, 5.74) is 0. The second-order valence-electron chi connectivity index (χ2n) is 1.09. The maximum atomic E-state index is 8.06. The maximum absolute atomic E-state index is 8.06. The lowest BCUT2D eigenvalue weighted by atomic mass is 10.5. The van der Waals surface area contributed by atoms with Gasteiger partial charge in [-0.1, -0.05) is 0 Å². The van der Waals surface area contributed by atoms with E-state index in [1.807, 2.05) is 0 Å². The minimum absolute atomic E-state index is 0.167. The summed E-state index contributed by atoms with van der Waals surface area (Å²) in [4.78, 5) is 0. The van der Waals surface area contributed by atoms with Crippen LogP contribution in [0.3, 0.4) is 0 Å². The molecule has 0 saturated carbocycles. The lowest BCUT2D eigenvalue weighted by molar-refractivity contribution is 0.216. The number of hydrogen-bond donors (Lipinski definition) is 1. The van der Waals surface area contributed by atoms with Crippen LogP contribution in [0.5, 0.6) is 0 Å². The van der Waals surface area contributed by atoms with Gasteiger partial charge in [0, 0.05) is 6.10 Å². The molecular weight excluding hydrogens is 116 g/mol. The first kappa shape index (κ1) is 9.69. The number of halogens is 1. The van der Waals surface area contributed by atoms with Gasteiger partial charge in [-0.15, -0.1) is 0 Å². The first-order valence-electron chi connectivity index (χ1n) is 1.79. The van der Waals surface area contributed by atoms with Crippen molar-refractivity contribution >= 4 is 20.6 Å². The van der Waals surface area contributed by atoms with Crippen LogP contribution in [0.4, 0.5) is 0 Å². The Kier molecular flexibility index (Phi) is 14.7. The third-order valence-corrected chi connectivity index (χ3v) is 0. The van der Waals surface area contributed by atoms with E-state index < -0.39 is 0 Å². The molecule has 0 fully saturated rings.